The van der Waals surface area contributed by atoms with Gasteiger partial charge in [-0.2, -0.15) is 0 Å². The van der Waals surface area contributed by atoms with E-state index in [0.29, 0.717) is 45.5 Å². The zero-order valence-electron chi connectivity index (χ0n) is 15.5. The third kappa shape index (κ3) is 4.14. The number of H-pyrrole nitrogens is 1. The normalized spacial score (nSPS) is 10.7. The second kappa shape index (κ2) is 8.20. The number of aromatic nitrogens is 3. The fourth-order valence-electron chi connectivity index (χ4n) is 2.81. The number of carbonyl (C=O) groups excluding carboxylic acids is 1. The monoisotopic (exact) mass is 408 g/mol. The van der Waals surface area contributed by atoms with Crippen molar-refractivity contribution in [2.75, 3.05) is 12.4 Å². The summed E-state index contributed by atoms with van der Waals surface area (Å²) in [7, 11) is 1.52. The van der Waals surface area contributed by atoms with Crippen molar-refractivity contribution in [1.82, 2.24) is 15.2 Å². The van der Waals surface area contributed by atoms with Crippen molar-refractivity contribution in [2.24, 2.45) is 0 Å². The molecule has 0 saturated carbocycles. The first-order valence-electron chi connectivity index (χ1n) is 8.80. The Morgan fingerprint density at radius 3 is 2.79 bits per heavy atom. The van der Waals surface area contributed by atoms with E-state index in [0.717, 1.165) is 5.56 Å². The lowest BCUT2D eigenvalue weighted by Crippen LogP contribution is -2.13. The number of ether oxygens (including phenoxy) is 2. The van der Waals surface area contributed by atoms with Crippen LogP contribution in [0.4, 0.5) is 5.69 Å². The maximum Gasteiger partial charge on any atom is 0.257 e. The van der Waals surface area contributed by atoms with Crippen LogP contribution in [0.25, 0.3) is 11.0 Å². The van der Waals surface area contributed by atoms with Gasteiger partial charge in [-0.15, -0.1) is 5.10 Å². The molecule has 0 spiro atoms. The molecule has 0 radical (unpaired) electrons. The lowest BCUT2D eigenvalue weighted by atomic mass is 10.2. The van der Waals surface area contributed by atoms with Crippen LogP contribution in [0.3, 0.4) is 0 Å². The Hall–Kier alpha value is -3.58. The van der Waals surface area contributed by atoms with Gasteiger partial charge in [0, 0.05) is 0 Å². The number of halogens is 1. The maximum atomic E-state index is 12.8. The molecule has 2 N–H and O–H groups in total. The Bertz CT molecular complexity index is 1160. The van der Waals surface area contributed by atoms with E-state index in [2.05, 4.69) is 20.5 Å². The molecular formula is C21H17ClN4O3. The molecule has 2 heterocycles. The highest BCUT2D eigenvalue weighted by atomic mass is 35.5. The number of anilines is 1. The number of rotatable bonds is 6. The van der Waals surface area contributed by atoms with Crippen LogP contribution in [-0.2, 0) is 6.61 Å². The van der Waals surface area contributed by atoms with Crippen molar-refractivity contribution < 1.29 is 14.3 Å². The number of pyridine rings is 1. The van der Waals surface area contributed by atoms with Crippen LogP contribution in [0, 0.1) is 0 Å². The van der Waals surface area contributed by atoms with Crippen LogP contribution in [-0.4, -0.2) is 28.2 Å². The molecule has 146 valence electrons. The molecule has 0 aliphatic heterocycles. The van der Waals surface area contributed by atoms with E-state index >= 15 is 0 Å². The van der Waals surface area contributed by atoms with Crippen LogP contribution in [0.15, 0.2) is 60.8 Å². The lowest BCUT2D eigenvalue weighted by molar-refractivity contribution is 0.102. The standard InChI is InChI=1S/C21H17ClN4O3/c1-28-21-17-9-14(11-23-19(17)25-26-21)24-20(27)16-10-15(7-8-18(16)22)29-12-13-5-3-2-4-6-13/h2-11H,12H2,1H3,(H,24,27)(H,23,25,26). The number of benzene rings is 2. The molecular weight excluding hydrogens is 392 g/mol. The fraction of sp³-hybridized carbons (Fsp3) is 0.0952. The molecule has 0 bridgehead atoms. The summed E-state index contributed by atoms with van der Waals surface area (Å²) < 4.78 is 11.0. The van der Waals surface area contributed by atoms with Crippen molar-refractivity contribution in [3.63, 3.8) is 0 Å². The Balaban J connectivity index is 1.52. The molecule has 7 nitrogen and oxygen atoms in total. The van der Waals surface area contributed by atoms with Crippen molar-refractivity contribution in [2.45, 2.75) is 6.61 Å². The average molecular weight is 409 g/mol. The third-order valence-corrected chi connectivity index (χ3v) is 4.59. The van der Waals surface area contributed by atoms with Crippen molar-refractivity contribution in [3.05, 3.63) is 76.9 Å². The summed E-state index contributed by atoms with van der Waals surface area (Å²) in [5, 5.41) is 10.5. The van der Waals surface area contributed by atoms with Gasteiger partial charge >= 0.3 is 0 Å². The van der Waals surface area contributed by atoms with Gasteiger partial charge in [0.2, 0.25) is 5.88 Å². The Morgan fingerprint density at radius 1 is 1.17 bits per heavy atom. The van der Waals surface area contributed by atoms with E-state index < -0.39 is 0 Å². The van der Waals surface area contributed by atoms with Crippen LogP contribution in [0.1, 0.15) is 15.9 Å². The summed E-state index contributed by atoms with van der Waals surface area (Å²) >= 11 is 6.23. The number of amides is 1. The van der Waals surface area contributed by atoms with Crippen LogP contribution in [0.2, 0.25) is 5.02 Å². The minimum absolute atomic E-state index is 0.302. The Labute approximate surface area is 171 Å². The van der Waals surface area contributed by atoms with Crippen molar-refractivity contribution in [3.8, 4) is 11.6 Å². The molecule has 0 fully saturated rings. The quantitative estimate of drug-likeness (QED) is 0.492. The number of nitrogens with zero attached hydrogens (tertiary/aromatic N) is 2. The van der Waals surface area contributed by atoms with Crippen molar-refractivity contribution >= 4 is 34.2 Å². The summed E-state index contributed by atoms with van der Waals surface area (Å²) in [5.74, 6) is 0.579. The molecule has 2 aromatic heterocycles. The number of methoxy groups -OCH3 is 1. The average Bonchev–Trinajstić information content (AvgIpc) is 3.16. The summed E-state index contributed by atoms with van der Waals surface area (Å²) in [5.41, 5.74) is 2.39. The molecule has 29 heavy (non-hydrogen) atoms. The number of hydrogen-bond donors (Lipinski definition) is 2. The van der Waals surface area contributed by atoms with Gasteiger partial charge in [0.25, 0.3) is 5.91 Å². The summed E-state index contributed by atoms with van der Waals surface area (Å²) in [4.78, 5) is 17.0. The van der Waals surface area contributed by atoms with Gasteiger partial charge in [-0.3, -0.25) is 9.89 Å². The number of carbonyl (C=O) groups is 1. The first kappa shape index (κ1) is 18.8. The molecule has 0 saturated heterocycles. The minimum Gasteiger partial charge on any atom is -0.489 e. The summed E-state index contributed by atoms with van der Waals surface area (Å²) in [6, 6.07) is 16.5. The molecule has 0 unspecified atom stereocenters. The van der Waals surface area contributed by atoms with E-state index in [-0.39, 0.29) is 5.91 Å². The zero-order chi connectivity index (χ0) is 20.2. The number of hydrogen-bond acceptors (Lipinski definition) is 5. The summed E-state index contributed by atoms with van der Waals surface area (Å²) in [6.45, 7) is 0.393. The molecule has 8 heteroatoms. The molecule has 4 aromatic rings. The van der Waals surface area contributed by atoms with Crippen molar-refractivity contribution in [1.29, 1.82) is 0 Å². The first-order chi connectivity index (χ1) is 14.1. The number of aromatic amines is 1. The summed E-state index contributed by atoms with van der Waals surface area (Å²) in [6.07, 6.45) is 1.53. The number of fused-ring (bicyclic) bond motifs is 1. The third-order valence-electron chi connectivity index (χ3n) is 4.26. The van der Waals surface area contributed by atoms with E-state index in [1.54, 1.807) is 24.3 Å². The molecule has 4 rings (SSSR count). The highest BCUT2D eigenvalue weighted by Gasteiger charge is 2.14. The molecule has 0 atom stereocenters. The van der Waals surface area contributed by atoms with Gasteiger partial charge in [0.15, 0.2) is 5.65 Å². The first-order valence-corrected chi connectivity index (χ1v) is 9.17. The number of nitrogens with one attached hydrogen (secondary N) is 2. The van der Waals surface area contributed by atoms with E-state index in [1.807, 2.05) is 30.3 Å². The largest absolute Gasteiger partial charge is 0.489 e. The van der Waals surface area contributed by atoms with Crippen LogP contribution >= 0.6 is 11.6 Å². The zero-order valence-corrected chi connectivity index (χ0v) is 16.2. The van der Waals surface area contributed by atoms with Gasteiger partial charge in [-0.25, -0.2) is 4.98 Å². The smallest absolute Gasteiger partial charge is 0.257 e. The van der Waals surface area contributed by atoms with Gasteiger partial charge in [0.1, 0.15) is 12.4 Å². The van der Waals surface area contributed by atoms with Gasteiger partial charge in [-0.1, -0.05) is 41.9 Å². The van der Waals surface area contributed by atoms with Crippen LogP contribution in [0.5, 0.6) is 11.6 Å². The van der Waals surface area contributed by atoms with E-state index in [9.17, 15) is 4.79 Å². The van der Waals surface area contributed by atoms with Gasteiger partial charge in [-0.05, 0) is 29.8 Å². The Morgan fingerprint density at radius 2 is 2.00 bits per heavy atom. The molecule has 2 aromatic carbocycles. The fourth-order valence-corrected chi connectivity index (χ4v) is 3.02. The van der Waals surface area contributed by atoms with Gasteiger partial charge in [0.05, 0.1) is 35.0 Å². The molecule has 0 aliphatic rings. The highest BCUT2D eigenvalue weighted by molar-refractivity contribution is 6.34. The van der Waals surface area contributed by atoms with E-state index in [1.165, 1.54) is 13.3 Å². The topological polar surface area (TPSA) is 89.1 Å². The highest BCUT2D eigenvalue weighted by Crippen LogP contribution is 2.26. The predicted molar refractivity (Wildman–Crippen MR) is 111 cm³/mol. The minimum atomic E-state index is -0.372. The van der Waals surface area contributed by atoms with Gasteiger partial charge < -0.3 is 14.8 Å². The molecule has 0 aliphatic carbocycles. The van der Waals surface area contributed by atoms with Crippen LogP contribution < -0.4 is 14.8 Å². The maximum absolute atomic E-state index is 12.8. The molecule has 1 amide bonds. The second-order valence-corrected chi connectivity index (χ2v) is 6.63. The second-order valence-electron chi connectivity index (χ2n) is 6.22. The van der Waals surface area contributed by atoms with E-state index in [4.69, 9.17) is 21.1 Å². The lowest BCUT2D eigenvalue weighted by Gasteiger charge is -2.10. The predicted octanol–water partition coefficient (Wildman–Crippen LogP) is 4.45. The SMILES string of the molecule is COc1n[nH]c2ncc(NC(=O)c3cc(OCc4ccccc4)ccc3Cl)cc12. The Kier molecular flexibility index (Phi) is 5.31.